The fraction of sp³-hybridized carbons (Fsp3) is 0.167. The lowest BCUT2D eigenvalue weighted by Gasteiger charge is -2.16. The molecule has 5 heteroatoms. The predicted molar refractivity (Wildman–Crippen MR) is 71.4 cm³/mol. The lowest BCUT2D eigenvalue weighted by atomic mass is 10.0. The van der Waals surface area contributed by atoms with Gasteiger partial charge in [0.25, 0.3) is 0 Å². The lowest BCUT2D eigenvalue weighted by Crippen LogP contribution is -2.18. The van der Waals surface area contributed by atoms with Crippen LogP contribution in [0.25, 0.3) is 0 Å². The molecule has 0 radical (unpaired) electrons. The monoisotopic (exact) mass is 361 g/mol. The van der Waals surface area contributed by atoms with Crippen LogP contribution in [0.15, 0.2) is 43.9 Å². The average Bonchev–Trinajstić information content (AvgIpc) is 2.71. The molecular formula is C12H10Br2FNO. The second-order valence-electron chi connectivity index (χ2n) is 3.52. The third kappa shape index (κ3) is 2.61. The van der Waals surface area contributed by atoms with Crippen LogP contribution in [0.1, 0.15) is 17.4 Å². The van der Waals surface area contributed by atoms with E-state index in [9.17, 15) is 4.39 Å². The summed E-state index contributed by atoms with van der Waals surface area (Å²) in [6.07, 6.45) is 1.59. The minimum atomic E-state index is -0.272. The van der Waals surface area contributed by atoms with Crippen LogP contribution in [0, 0.1) is 5.82 Å². The van der Waals surface area contributed by atoms with Gasteiger partial charge in [-0.15, -0.1) is 0 Å². The molecule has 0 amide bonds. The van der Waals surface area contributed by atoms with Crippen molar-refractivity contribution in [2.75, 3.05) is 7.05 Å². The molecule has 2 nitrogen and oxygen atoms in total. The van der Waals surface area contributed by atoms with Crippen molar-refractivity contribution in [1.29, 1.82) is 0 Å². The van der Waals surface area contributed by atoms with E-state index in [4.69, 9.17) is 4.42 Å². The Morgan fingerprint density at radius 3 is 2.59 bits per heavy atom. The molecule has 1 aromatic heterocycles. The highest BCUT2D eigenvalue weighted by Gasteiger charge is 2.20. The van der Waals surface area contributed by atoms with E-state index in [2.05, 4.69) is 37.2 Å². The van der Waals surface area contributed by atoms with Gasteiger partial charge in [0.15, 0.2) is 0 Å². The Morgan fingerprint density at radius 1 is 1.24 bits per heavy atom. The highest BCUT2D eigenvalue weighted by Crippen LogP contribution is 2.33. The first-order valence-electron chi connectivity index (χ1n) is 4.98. The predicted octanol–water partition coefficient (Wildman–Crippen LogP) is 4.25. The fourth-order valence-electron chi connectivity index (χ4n) is 1.68. The summed E-state index contributed by atoms with van der Waals surface area (Å²) in [4.78, 5) is 0. The summed E-state index contributed by atoms with van der Waals surface area (Å²) < 4.78 is 20.4. The third-order valence-corrected chi connectivity index (χ3v) is 3.84. The molecule has 1 atom stereocenters. The van der Waals surface area contributed by atoms with Gasteiger partial charge >= 0.3 is 0 Å². The first-order valence-corrected chi connectivity index (χ1v) is 6.57. The topological polar surface area (TPSA) is 25.2 Å². The Morgan fingerprint density at radius 2 is 2.00 bits per heavy atom. The van der Waals surface area contributed by atoms with Crippen molar-refractivity contribution in [2.24, 2.45) is 0 Å². The minimum Gasteiger partial charge on any atom is -0.466 e. The van der Waals surface area contributed by atoms with Gasteiger partial charge in [-0.25, -0.2) is 4.39 Å². The van der Waals surface area contributed by atoms with Gasteiger partial charge in [0.1, 0.15) is 11.6 Å². The molecule has 0 saturated carbocycles. The van der Waals surface area contributed by atoms with E-state index in [0.29, 0.717) is 0 Å². The molecule has 0 aliphatic rings. The van der Waals surface area contributed by atoms with Gasteiger partial charge in [-0.2, -0.15) is 0 Å². The Labute approximate surface area is 115 Å². The quantitative estimate of drug-likeness (QED) is 0.882. The third-order valence-electron chi connectivity index (χ3n) is 2.46. The van der Waals surface area contributed by atoms with Crippen LogP contribution in [0.4, 0.5) is 4.39 Å². The summed E-state index contributed by atoms with van der Waals surface area (Å²) >= 11 is 6.82. The molecule has 1 N–H and O–H groups in total. The molecule has 0 saturated heterocycles. The van der Waals surface area contributed by atoms with Crippen molar-refractivity contribution in [3.05, 3.63) is 56.6 Å². The molecule has 0 aliphatic heterocycles. The number of nitrogens with one attached hydrogen (secondary N) is 1. The Hall–Kier alpha value is -0.650. The number of halogens is 3. The first-order chi connectivity index (χ1) is 8.13. The summed E-state index contributed by atoms with van der Waals surface area (Å²) in [5.41, 5.74) is 0.795. The SMILES string of the molecule is CNC(c1cc(F)ccc1Br)c1occc1Br. The van der Waals surface area contributed by atoms with E-state index in [1.807, 2.05) is 6.07 Å². The maximum Gasteiger partial charge on any atom is 0.139 e. The molecule has 0 aliphatic carbocycles. The molecule has 2 aromatic rings. The van der Waals surface area contributed by atoms with Crippen molar-refractivity contribution in [2.45, 2.75) is 6.04 Å². The second kappa shape index (κ2) is 5.33. The number of rotatable bonds is 3. The van der Waals surface area contributed by atoms with Crippen LogP contribution in [0.3, 0.4) is 0 Å². The molecule has 1 aromatic carbocycles. The summed E-state index contributed by atoms with van der Waals surface area (Å²) in [5.74, 6) is 0.449. The number of hydrogen-bond acceptors (Lipinski definition) is 2. The Balaban J connectivity index is 2.49. The van der Waals surface area contributed by atoms with Crippen LogP contribution in [0.2, 0.25) is 0 Å². The molecular weight excluding hydrogens is 353 g/mol. The maximum atomic E-state index is 13.3. The smallest absolute Gasteiger partial charge is 0.139 e. The Kier molecular flexibility index (Phi) is 4.01. The number of furan rings is 1. The van der Waals surface area contributed by atoms with E-state index in [1.165, 1.54) is 12.1 Å². The first kappa shape index (κ1) is 12.8. The fourth-order valence-corrected chi connectivity index (χ4v) is 2.58. The summed E-state index contributed by atoms with van der Waals surface area (Å²) in [6.45, 7) is 0. The standard InChI is InChI=1S/C12H10Br2FNO/c1-16-11(12-10(14)4-5-17-12)8-6-7(15)2-3-9(8)13/h2-6,11,16H,1H3. The van der Waals surface area contributed by atoms with Gasteiger partial charge in [0, 0.05) is 4.47 Å². The van der Waals surface area contributed by atoms with Gasteiger partial charge < -0.3 is 9.73 Å². The van der Waals surface area contributed by atoms with Gasteiger partial charge in [0.2, 0.25) is 0 Å². The van der Waals surface area contributed by atoms with Crippen LogP contribution < -0.4 is 5.32 Å². The van der Waals surface area contributed by atoms with Crippen molar-refractivity contribution in [1.82, 2.24) is 5.32 Å². The van der Waals surface area contributed by atoms with E-state index in [-0.39, 0.29) is 11.9 Å². The van der Waals surface area contributed by atoms with Crippen LogP contribution in [-0.4, -0.2) is 7.05 Å². The number of benzene rings is 1. The molecule has 1 heterocycles. The summed E-state index contributed by atoms with van der Waals surface area (Å²) in [7, 11) is 1.80. The molecule has 17 heavy (non-hydrogen) atoms. The average molecular weight is 363 g/mol. The lowest BCUT2D eigenvalue weighted by molar-refractivity contribution is 0.459. The molecule has 0 bridgehead atoms. The highest BCUT2D eigenvalue weighted by atomic mass is 79.9. The normalized spacial score (nSPS) is 12.7. The van der Waals surface area contributed by atoms with E-state index in [0.717, 1.165) is 20.3 Å². The van der Waals surface area contributed by atoms with Crippen molar-refractivity contribution in [3.63, 3.8) is 0 Å². The summed E-state index contributed by atoms with van der Waals surface area (Å²) in [5, 5.41) is 3.11. The van der Waals surface area contributed by atoms with Gasteiger partial charge in [0.05, 0.1) is 16.8 Å². The zero-order valence-corrected chi connectivity index (χ0v) is 12.2. The van der Waals surface area contributed by atoms with Crippen molar-refractivity contribution in [3.8, 4) is 0 Å². The largest absolute Gasteiger partial charge is 0.466 e. The second-order valence-corrected chi connectivity index (χ2v) is 5.23. The van der Waals surface area contributed by atoms with E-state index >= 15 is 0 Å². The number of hydrogen-bond donors (Lipinski definition) is 1. The van der Waals surface area contributed by atoms with Crippen LogP contribution >= 0.6 is 31.9 Å². The van der Waals surface area contributed by atoms with Gasteiger partial charge in [-0.3, -0.25) is 0 Å². The van der Waals surface area contributed by atoms with Gasteiger partial charge in [-0.1, -0.05) is 15.9 Å². The molecule has 0 spiro atoms. The van der Waals surface area contributed by atoms with Crippen LogP contribution in [0.5, 0.6) is 0 Å². The molecule has 90 valence electrons. The van der Waals surface area contributed by atoms with Crippen molar-refractivity contribution < 1.29 is 8.81 Å². The van der Waals surface area contributed by atoms with E-state index in [1.54, 1.807) is 19.4 Å². The van der Waals surface area contributed by atoms with Gasteiger partial charge in [-0.05, 0) is 52.8 Å². The minimum absolute atomic E-state index is 0.204. The zero-order chi connectivity index (χ0) is 12.4. The summed E-state index contributed by atoms with van der Waals surface area (Å²) in [6, 6.07) is 6.20. The highest BCUT2D eigenvalue weighted by molar-refractivity contribution is 9.10. The van der Waals surface area contributed by atoms with Crippen molar-refractivity contribution >= 4 is 31.9 Å². The zero-order valence-electron chi connectivity index (χ0n) is 9.01. The molecule has 0 fully saturated rings. The molecule has 2 rings (SSSR count). The Bertz CT molecular complexity index is 527. The molecule has 1 unspecified atom stereocenters. The maximum absolute atomic E-state index is 13.3. The van der Waals surface area contributed by atoms with Crippen LogP contribution in [-0.2, 0) is 0 Å². The van der Waals surface area contributed by atoms with E-state index < -0.39 is 0 Å².